The van der Waals surface area contributed by atoms with Crippen LogP contribution in [0.3, 0.4) is 0 Å². The van der Waals surface area contributed by atoms with E-state index in [-0.39, 0.29) is 12.1 Å². The van der Waals surface area contributed by atoms with Crippen molar-refractivity contribution in [2.24, 2.45) is 0 Å². The standard InChI is InChI=1S/C16H15F2NO2/c1-21-16(20)14-5-3-2-4-11(14)9-19-10-12-8-13(17)6-7-15(12)18/h2-8,19H,9-10H2,1H3. The molecule has 0 spiro atoms. The molecule has 0 unspecified atom stereocenters. The lowest BCUT2D eigenvalue weighted by molar-refractivity contribution is 0.0599. The lowest BCUT2D eigenvalue weighted by atomic mass is 10.1. The third kappa shape index (κ3) is 3.86. The highest BCUT2D eigenvalue weighted by atomic mass is 19.1. The molecule has 0 radical (unpaired) electrons. The smallest absolute Gasteiger partial charge is 0.338 e. The zero-order valence-corrected chi connectivity index (χ0v) is 11.5. The van der Waals surface area contributed by atoms with E-state index in [1.165, 1.54) is 7.11 Å². The summed E-state index contributed by atoms with van der Waals surface area (Å²) in [6, 6.07) is 10.3. The van der Waals surface area contributed by atoms with Gasteiger partial charge in [0.2, 0.25) is 0 Å². The van der Waals surface area contributed by atoms with Gasteiger partial charge in [0, 0.05) is 18.7 Å². The summed E-state index contributed by atoms with van der Waals surface area (Å²) in [5.74, 6) is -1.38. The average Bonchev–Trinajstić information content (AvgIpc) is 2.50. The van der Waals surface area contributed by atoms with E-state index in [9.17, 15) is 13.6 Å². The van der Waals surface area contributed by atoms with E-state index >= 15 is 0 Å². The maximum absolute atomic E-state index is 13.5. The van der Waals surface area contributed by atoms with Gasteiger partial charge >= 0.3 is 5.97 Å². The van der Waals surface area contributed by atoms with E-state index in [0.29, 0.717) is 12.1 Å². The van der Waals surface area contributed by atoms with Gasteiger partial charge in [0.15, 0.2) is 0 Å². The molecule has 5 heteroatoms. The molecule has 3 nitrogen and oxygen atoms in total. The molecule has 0 aliphatic rings. The first-order chi connectivity index (χ1) is 10.1. The lowest BCUT2D eigenvalue weighted by Gasteiger charge is -2.09. The maximum Gasteiger partial charge on any atom is 0.338 e. The molecule has 2 aromatic rings. The maximum atomic E-state index is 13.5. The summed E-state index contributed by atoms with van der Waals surface area (Å²) in [6.07, 6.45) is 0. The average molecular weight is 291 g/mol. The van der Waals surface area contributed by atoms with Crippen LogP contribution in [-0.2, 0) is 17.8 Å². The number of carbonyl (C=O) groups is 1. The topological polar surface area (TPSA) is 38.3 Å². The van der Waals surface area contributed by atoms with Crippen LogP contribution in [0.25, 0.3) is 0 Å². The number of rotatable bonds is 5. The molecular weight excluding hydrogens is 276 g/mol. The molecule has 0 aliphatic heterocycles. The first-order valence-electron chi connectivity index (χ1n) is 6.42. The van der Waals surface area contributed by atoms with Crippen LogP contribution in [0.1, 0.15) is 21.5 Å². The van der Waals surface area contributed by atoms with E-state index in [1.807, 2.05) is 0 Å². The molecule has 1 N–H and O–H groups in total. The minimum atomic E-state index is -0.483. The summed E-state index contributed by atoms with van der Waals surface area (Å²) in [6.45, 7) is 0.514. The Morgan fingerprint density at radius 2 is 1.81 bits per heavy atom. The summed E-state index contributed by atoms with van der Waals surface area (Å²) in [5.41, 5.74) is 1.43. The molecule has 2 aromatic carbocycles. The molecule has 0 saturated carbocycles. The molecule has 0 fully saturated rings. The highest BCUT2D eigenvalue weighted by Gasteiger charge is 2.10. The lowest BCUT2D eigenvalue weighted by Crippen LogP contribution is -2.16. The summed E-state index contributed by atoms with van der Waals surface area (Å²) >= 11 is 0. The van der Waals surface area contributed by atoms with Crippen molar-refractivity contribution in [3.63, 3.8) is 0 Å². The van der Waals surface area contributed by atoms with E-state index in [1.54, 1.807) is 24.3 Å². The Kier molecular flexibility index (Phi) is 5.00. The highest BCUT2D eigenvalue weighted by molar-refractivity contribution is 5.90. The van der Waals surface area contributed by atoms with Crippen molar-refractivity contribution < 1.29 is 18.3 Å². The predicted octanol–water partition coefficient (Wildman–Crippen LogP) is 3.04. The number of halogens is 2. The Labute approximate surface area is 121 Å². The van der Waals surface area contributed by atoms with Crippen LogP contribution >= 0.6 is 0 Å². The molecule has 0 amide bonds. The van der Waals surface area contributed by atoms with Crippen molar-refractivity contribution >= 4 is 5.97 Å². The van der Waals surface area contributed by atoms with Gasteiger partial charge in [0.05, 0.1) is 12.7 Å². The monoisotopic (exact) mass is 291 g/mol. The summed E-state index contributed by atoms with van der Waals surface area (Å²) < 4.78 is 31.2. The molecule has 0 aliphatic carbocycles. The molecule has 0 heterocycles. The zero-order chi connectivity index (χ0) is 15.2. The molecule has 0 atom stereocenters. The fourth-order valence-electron chi connectivity index (χ4n) is 1.99. The van der Waals surface area contributed by atoms with Gasteiger partial charge in [-0.05, 0) is 29.8 Å². The predicted molar refractivity (Wildman–Crippen MR) is 74.7 cm³/mol. The number of ether oxygens (including phenoxy) is 1. The third-order valence-electron chi connectivity index (χ3n) is 3.06. The number of hydrogen-bond acceptors (Lipinski definition) is 3. The summed E-state index contributed by atoms with van der Waals surface area (Å²) in [4.78, 5) is 11.6. The molecule has 21 heavy (non-hydrogen) atoms. The van der Waals surface area contributed by atoms with Gasteiger partial charge in [0.1, 0.15) is 11.6 Å². The fraction of sp³-hybridized carbons (Fsp3) is 0.188. The second-order valence-corrected chi connectivity index (χ2v) is 4.49. The van der Waals surface area contributed by atoms with Gasteiger partial charge in [-0.1, -0.05) is 18.2 Å². The van der Waals surface area contributed by atoms with Crippen LogP contribution in [0.2, 0.25) is 0 Å². The van der Waals surface area contributed by atoms with Crippen molar-refractivity contribution in [3.05, 3.63) is 70.8 Å². The van der Waals surface area contributed by atoms with Gasteiger partial charge in [0.25, 0.3) is 0 Å². The largest absolute Gasteiger partial charge is 0.465 e. The number of hydrogen-bond donors (Lipinski definition) is 1. The molecule has 110 valence electrons. The second kappa shape index (κ2) is 6.95. The Hall–Kier alpha value is -2.27. The minimum Gasteiger partial charge on any atom is -0.465 e. The van der Waals surface area contributed by atoms with Crippen LogP contribution in [0.15, 0.2) is 42.5 Å². The van der Waals surface area contributed by atoms with Crippen molar-refractivity contribution in [3.8, 4) is 0 Å². The van der Waals surface area contributed by atoms with Gasteiger partial charge in [-0.15, -0.1) is 0 Å². The fourth-order valence-corrected chi connectivity index (χ4v) is 1.99. The van der Waals surface area contributed by atoms with Gasteiger partial charge in [-0.3, -0.25) is 0 Å². The van der Waals surface area contributed by atoms with Crippen molar-refractivity contribution in [1.29, 1.82) is 0 Å². The van der Waals surface area contributed by atoms with Crippen LogP contribution < -0.4 is 5.32 Å². The third-order valence-corrected chi connectivity index (χ3v) is 3.06. The second-order valence-electron chi connectivity index (χ2n) is 4.49. The zero-order valence-electron chi connectivity index (χ0n) is 11.5. The van der Waals surface area contributed by atoms with Crippen LogP contribution in [-0.4, -0.2) is 13.1 Å². The Balaban J connectivity index is 2.04. The number of benzene rings is 2. The number of nitrogens with one attached hydrogen (secondary N) is 1. The van der Waals surface area contributed by atoms with E-state index in [2.05, 4.69) is 5.32 Å². The quantitative estimate of drug-likeness (QED) is 0.861. The highest BCUT2D eigenvalue weighted by Crippen LogP contribution is 2.12. The van der Waals surface area contributed by atoms with E-state index < -0.39 is 17.6 Å². The SMILES string of the molecule is COC(=O)c1ccccc1CNCc1cc(F)ccc1F. The Morgan fingerprint density at radius 3 is 2.57 bits per heavy atom. The van der Waals surface area contributed by atoms with Crippen molar-refractivity contribution in [1.82, 2.24) is 5.32 Å². The van der Waals surface area contributed by atoms with Crippen LogP contribution in [0.5, 0.6) is 0 Å². The van der Waals surface area contributed by atoms with Crippen LogP contribution in [0, 0.1) is 11.6 Å². The Morgan fingerprint density at radius 1 is 1.10 bits per heavy atom. The molecule has 0 aromatic heterocycles. The molecular formula is C16H15F2NO2. The van der Waals surface area contributed by atoms with Gasteiger partial charge in [-0.2, -0.15) is 0 Å². The number of methoxy groups -OCH3 is 1. The summed E-state index contributed by atoms with van der Waals surface area (Å²) in [7, 11) is 1.31. The Bertz CT molecular complexity index is 644. The van der Waals surface area contributed by atoms with Crippen molar-refractivity contribution in [2.75, 3.05) is 7.11 Å². The van der Waals surface area contributed by atoms with Gasteiger partial charge in [-0.25, -0.2) is 13.6 Å². The van der Waals surface area contributed by atoms with Crippen molar-refractivity contribution in [2.45, 2.75) is 13.1 Å². The van der Waals surface area contributed by atoms with E-state index in [0.717, 1.165) is 23.8 Å². The first kappa shape index (κ1) is 15.1. The number of carbonyl (C=O) groups excluding carboxylic acids is 1. The first-order valence-corrected chi connectivity index (χ1v) is 6.42. The minimum absolute atomic E-state index is 0.166. The van der Waals surface area contributed by atoms with Gasteiger partial charge < -0.3 is 10.1 Å². The normalized spacial score (nSPS) is 10.4. The molecule has 0 saturated heterocycles. The molecule has 0 bridgehead atoms. The van der Waals surface area contributed by atoms with Crippen LogP contribution in [0.4, 0.5) is 8.78 Å². The number of esters is 1. The molecule has 2 rings (SSSR count). The van der Waals surface area contributed by atoms with E-state index in [4.69, 9.17) is 4.74 Å². The summed E-state index contributed by atoms with van der Waals surface area (Å²) in [5, 5.41) is 2.99.